The second kappa shape index (κ2) is 7.22. The summed E-state index contributed by atoms with van der Waals surface area (Å²) in [5, 5.41) is 13.6. The molecule has 2 aromatic rings. The Morgan fingerprint density at radius 3 is 2.50 bits per heavy atom. The van der Waals surface area contributed by atoms with E-state index in [1.54, 1.807) is 6.92 Å². The number of piperazine rings is 1. The Hall–Kier alpha value is -3.55. The number of nitro groups is 1. The summed E-state index contributed by atoms with van der Waals surface area (Å²) < 4.78 is 14.3. The van der Waals surface area contributed by atoms with Gasteiger partial charge in [0.15, 0.2) is 0 Å². The van der Waals surface area contributed by atoms with Crippen LogP contribution in [0.15, 0.2) is 54.2 Å². The van der Waals surface area contributed by atoms with E-state index in [9.17, 15) is 24.1 Å². The van der Waals surface area contributed by atoms with Crippen LogP contribution in [0, 0.1) is 15.9 Å². The molecule has 0 spiro atoms. The molecule has 1 aliphatic rings. The topological polar surface area (TPSA) is 92.6 Å². The minimum absolute atomic E-state index is 0.0880. The molecule has 1 saturated heterocycles. The van der Waals surface area contributed by atoms with Gasteiger partial charge in [-0.15, -0.1) is 0 Å². The summed E-state index contributed by atoms with van der Waals surface area (Å²) in [6.07, 6.45) is 1.43. The van der Waals surface area contributed by atoms with Gasteiger partial charge in [0.1, 0.15) is 11.2 Å². The quantitative estimate of drug-likeness (QED) is 0.499. The maximum absolute atomic E-state index is 14.3. The summed E-state index contributed by atoms with van der Waals surface area (Å²) >= 11 is 0. The molecule has 1 aliphatic heterocycles. The fourth-order valence-corrected chi connectivity index (χ4v) is 3.22. The van der Waals surface area contributed by atoms with E-state index in [4.69, 9.17) is 0 Å². The zero-order chi connectivity index (χ0) is 20.5. The highest BCUT2D eigenvalue weighted by molar-refractivity contribution is 6.08. The molecule has 1 fully saturated rings. The van der Waals surface area contributed by atoms with Crippen molar-refractivity contribution in [2.75, 3.05) is 7.05 Å². The Morgan fingerprint density at radius 1 is 1.18 bits per heavy atom. The van der Waals surface area contributed by atoms with Crippen molar-refractivity contribution >= 4 is 23.6 Å². The predicted octanol–water partition coefficient (Wildman–Crippen LogP) is 2.66. The number of hydrogen-bond acceptors (Lipinski definition) is 4. The van der Waals surface area contributed by atoms with Crippen LogP contribution in [0.3, 0.4) is 0 Å². The summed E-state index contributed by atoms with van der Waals surface area (Å²) in [6, 6.07) is 12.9. The summed E-state index contributed by atoms with van der Waals surface area (Å²) in [7, 11) is 1.42. The second-order valence-electron chi connectivity index (χ2n) is 6.78. The van der Waals surface area contributed by atoms with Crippen LogP contribution in [0.4, 0.5) is 10.1 Å². The normalized spacial score (nSPS) is 21.0. The van der Waals surface area contributed by atoms with Crippen molar-refractivity contribution in [1.82, 2.24) is 10.2 Å². The first kappa shape index (κ1) is 19.2. The number of rotatable bonds is 4. The average Bonchev–Trinajstić information content (AvgIpc) is 2.65. The predicted molar refractivity (Wildman–Crippen MR) is 100 cm³/mol. The van der Waals surface area contributed by atoms with Crippen molar-refractivity contribution in [2.24, 2.45) is 0 Å². The Kier molecular flexibility index (Phi) is 4.96. The van der Waals surface area contributed by atoms with Gasteiger partial charge in [0.25, 0.3) is 11.8 Å². The fourth-order valence-electron chi connectivity index (χ4n) is 3.22. The van der Waals surface area contributed by atoms with Crippen molar-refractivity contribution in [3.63, 3.8) is 0 Å². The zero-order valence-corrected chi connectivity index (χ0v) is 15.3. The summed E-state index contributed by atoms with van der Waals surface area (Å²) in [5.74, 6) is -1.99. The van der Waals surface area contributed by atoms with Gasteiger partial charge in [-0.3, -0.25) is 19.7 Å². The van der Waals surface area contributed by atoms with Gasteiger partial charge in [-0.05, 0) is 18.6 Å². The van der Waals surface area contributed by atoms with Crippen molar-refractivity contribution < 1.29 is 18.9 Å². The third kappa shape index (κ3) is 3.48. The van der Waals surface area contributed by atoms with Crippen LogP contribution in [0.25, 0.3) is 6.08 Å². The van der Waals surface area contributed by atoms with Crippen molar-refractivity contribution in [2.45, 2.75) is 18.9 Å². The zero-order valence-electron chi connectivity index (χ0n) is 15.3. The molecule has 28 heavy (non-hydrogen) atoms. The first-order valence-electron chi connectivity index (χ1n) is 8.52. The van der Waals surface area contributed by atoms with Crippen molar-refractivity contribution in [3.05, 3.63) is 81.3 Å². The molecule has 2 amide bonds. The molecule has 1 N–H and O–H groups in total. The van der Waals surface area contributed by atoms with E-state index in [1.807, 2.05) is 30.3 Å². The first-order chi connectivity index (χ1) is 13.2. The molecule has 7 nitrogen and oxygen atoms in total. The summed E-state index contributed by atoms with van der Waals surface area (Å²) in [4.78, 5) is 36.8. The number of carbonyl (C=O) groups is 2. The second-order valence-corrected chi connectivity index (χ2v) is 6.78. The third-order valence-electron chi connectivity index (χ3n) is 4.66. The molecular formula is C20H18FN3O4. The van der Waals surface area contributed by atoms with Gasteiger partial charge in [-0.1, -0.05) is 42.5 Å². The molecule has 1 heterocycles. The number of hydrogen-bond donors (Lipinski definition) is 1. The van der Waals surface area contributed by atoms with Crippen LogP contribution < -0.4 is 5.32 Å². The largest absolute Gasteiger partial charge is 0.336 e. The molecule has 144 valence electrons. The number of likely N-dealkylation sites (N-methyl/N-ethyl adjacent to an activating group) is 1. The molecule has 1 unspecified atom stereocenters. The first-order valence-corrected chi connectivity index (χ1v) is 8.52. The van der Waals surface area contributed by atoms with Gasteiger partial charge in [0.2, 0.25) is 5.82 Å². The van der Waals surface area contributed by atoms with Crippen LogP contribution in [0.5, 0.6) is 0 Å². The summed E-state index contributed by atoms with van der Waals surface area (Å²) in [5.41, 5.74) is -1.22. The van der Waals surface area contributed by atoms with Gasteiger partial charge in [-0.2, -0.15) is 4.39 Å². The lowest BCUT2D eigenvalue weighted by Crippen LogP contribution is -2.64. The highest BCUT2D eigenvalue weighted by Crippen LogP contribution is 2.27. The van der Waals surface area contributed by atoms with Crippen LogP contribution in [-0.4, -0.2) is 34.2 Å². The van der Waals surface area contributed by atoms with E-state index < -0.39 is 27.9 Å². The molecule has 0 radical (unpaired) electrons. The lowest BCUT2D eigenvalue weighted by Gasteiger charge is -2.39. The van der Waals surface area contributed by atoms with Gasteiger partial charge >= 0.3 is 5.69 Å². The Morgan fingerprint density at radius 2 is 1.86 bits per heavy atom. The third-order valence-corrected chi connectivity index (χ3v) is 4.66. The molecule has 1 atom stereocenters. The highest BCUT2D eigenvalue weighted by atomic mass is 19.1. The minimum Gasteiger partial charge on any atom is -0.336 e. The van der Waals surface area contributed by atoms with Crippen molar-refractivity contribution in [1.29, 1.82) is 0 Å². The average molecular weight is 383 g/mol. The molecule has 3 rings (SSSR count). The number of carbonyl (C=O) groups excluding carboxylic acids is 2. The molecule has 0 saturated carbocycles. The Bertz CT molecular complexity index is 990. The van der Waals surface area contributed by atoms with Crippen LogP contribution in [0.1, 0.15) is 18.1 Å². The molecule has 2 aromatic carbocycles. The van der Waals surface area contributed by atoms with Crippen molar-refractivity contribution in [3.8, 4) is 0 Å². The van der Waals surface area contributed by atoms with Gasteiger partial charge in [-0.25, -0.2) is 0 Å². The van der Waals surface area contributed by atoms with Crippen LogP contribution in [0.2, 0.25) is 0 Å². The van der Waals surface area contributed by atoms with E-state index in [2.05, 4.69) is 5.32 Å². The van der Waals surface area contributed by atoms with Gasteiger partial charge < -0.3 is 10.2 Å². The minimum atomic E-state index is -1.16. The Balaban J connectivity index is 1.94. The number of halogens is 1. The summed E-state index contributed by atoms with van der Waals surface area (Å²) in [6.45, 7) is 1.63. The monoisotopic (exact) mass is 383 g/mol. The van der Waals surface area contributed by atoms with E-state index in [1.165, 1.54) is 19.2 Å². The number of amides is 2. The smallest absolute Gasteiger partial charge is 0.305 e. The standard InChI is InChI=1S/C20H18FN3O4/c1-20(12-13-7-4-3-5-8-13)19(26)23(2)16(18(25)22-20)11-14-9-6-10-15(17(14)21)24(27)28/h3-11H,12H2,1-2H3,(H,22,25)/b16-11+. The van der Waals surface area contributed by atoms with E-state index >= 15 is 0 Å². The van der Waals surface area contributed by atoms with E-state index in [0.29, 0.717) is 6.42 Å². The molecule has 0 aromatic heterocycles. The van der Waals surface area contributed by atoms with Gasteiger partial charge in [0, 0.05) is 25.1 Å². The van der Waals surface area contributed by atoms with E-state index in [-0.39, 0.29) is 17.2 Å². The number of nitrogens with zero attached hydrogens (tertiary/aromatic N) is 2. The van der Waals surface area contributed by atoms with E-state index in [0.717, 1.165) is 22.6 Å². The fraction of sp³-hybridized carbons (Fsp3) is 0.200. The lowest BCUT2D eigenvalue weighted by atomic mass is 9.88. The molecular weight excluding hydrogens is 365 g/mol. The van der Waals surface area contributed by atoms with Crippen LogP contribution >= 0.6 is 0 Å². The number of nitrogens with one attached hydrogen (secondary N) is 1. The molecule has 0 aliphatic carbocycles. The number of nitro benzene ring substituents is 1. The SMILES string of the molecule is CN1C(=O)C(C)(Cc2ccccc2)NC(=O)/C1=C\c1cccc([N+](=O)[O-])c1F. The molecule has 0 bridgehead atoms. The number of benzene rings is 2. The Labute approximate surface area is 160 Å². The maximum atomic E-state index is 14.3. The van der Waals surface area contributed by atoms with Gasteiger partial charge in [0.05, 0.1) is 4.92 Å². The lowest BCUT2D eigenvalue weighted by molar-refractivity contribution is -0.387. The highest BCUT2D eigenvalue weighted by Gasteiger charge is 2.44. The maximum Gasteiger partial charge on any atom is 0.305 e. The molecule has 8 heteroatoms. The van der Waals surface area contributed by atoms with Crippen LogP contribution in [-0.2, 0) is 16.0 Å².